The van der Waals surface area contributed by atoms with Gasteiger partial charge in [0.2, 0.25) is 15.9 Å². The number of fused-ring (bicyclic) bond motifs is 1. The Balaban J connectivity index is 0.00000256. The number of nitrogens with zero attached hydrogens (tertiary/aromatic N) is 1. The number of halogens is 2. The van der Waals surface area contributed by atoms with Crippen LogP contribution >= 0.6 is 35.3 Å². The summed E-state index contributed by atoms with van der Waals surface area (Å²) < 4.78 is 27.9. The molecule has 1 fully saturated rings. The van der Waals surface area contributed by atoms with E-state index in [1.807, 2.05) is 12.1 Å². The molecule has 162 valence electrons. The Labute approximate surface area is 191 Å². The number of sulfonamides is 1. The van der Waals surface area contributed by atoms with Crippen LogP contribution < -0.4 is 14.9 Å². The van der Waals surface area contributed by atoms with E-state index in [0.717, 1.165) is 28.9 Å². The van der Waals surface area contributed by atoms with Gasteiger partial charge in [0.1, 0.15) is 6.04 Å². The molecule has 2 aliphatic rings. The van der Waals surface area contributed by atoms with Crippen molar-refractivity contribution in [2.75, 3.05) is 11.4 Å². The summed E-state index contributed by atoms with van der Waals surface area (Å²) in [5.41, 5.74) is 3.31. The Morgan fingerprint density at radius 3 is 2.80 bits per heavy atom. The minimum Gasteiger partial charge on any atom is -0.311 e. The van der Waals surface area contributed by atoms with E-state index in [-0.39, 0.29) is 18.3 Å². The van der Waals surface area contributed by atoms with E-state index in [1.54, 1.807) is 17.0 Å². The number of benzene rings is 1. The lowest BCUT2D eigenvalue weighted by molar-refractivity contribution is -0.118. The fourth-order valence-corrected chi connectivity index (χ4v) is 5.76. The molecule has 6 nitrogen and oxygen atoms in total. The predicted molar refractivity (Wildman–Crippen MR) is 125 cm³/mol. The highest BCUT2D eigenvalue weighted by atomic mass is 35.5. The highest BCUT2D eigenvalue weighted by Crippen LogP contribution is 2.27. The van der Waals surface area contributed by atoms with Crippen molar-refractivity contribution in [1.29, 1.82) is 0 Å². The number of thiophene rings is 1. The maximum absolute atomic E-state index is 12.8. The van der Waals surface area contributed by atoms with E-state index in [0.29, 0.717) is 23.3 Å². The van der Waals surface area contributed by atoms with Crippen LogP contribution in [-0.2, 0) is 27.8 Å². The highest BCUT2D eigenvalue weighted by molar-refractivity contribution is 7.92. The lowest BCUT2D eigenvalue weighted by atomic mass is 9.96. The average molecular weight is 488 g/mol. The highest BCUT2D eigenvalue weighted by Gasteiger charge is 2.35. The van der Waals surface area contributed by atoms with Gasteiger partial charge in [-0.15, -0.1) is 23.7 Å². The van der Waals surface area contributed by atoms with Crippen LogP contribution in [0.4, 0.5) is 5.69 Å². The topological polar surface area (TPSA) is 78.5 Å². The first-order valence-corrected chi connectivity index (χ1v) is 12.2. The number of carbonyl (C=O) groups is 1. The number of nitrogens with one attached hydrogen (secondary N) is 2. The van der Waals surface area contributed by atoms with Gasteiger partial charge in [0.25, 0.3) is 0 Å². The molecule has 0 aliphatic carbocycles. The number of anilines is 1. The molecule has 30 heavy (non-hydrogen) atoms. The van der Waals surface area contributed by atoms with Crippen LogP contribution in [0.3, 0.4) is 0 Å². The quantitative estimate of drug-likeness (QED) is 0.675. The van der Waals surface area contributed by atoms with Crippen molar-refractivity contribution < 1.29 is 13.2 Å². The van der Waals surface area contributed by atoms with E-state index in [1.165, 1.54) is 28.5 Å². The zero-order valence-corrected chi connectivity index (χ0v) is 19.5. The second-order valence-corrected chi connectivity index (χ2v) is 10.7. The maximum atomic E-state index is 12.8. The molecular formula is C20H23Cl2N3O3S2. The average Bonchev–Trinajstić information content (AvgIpc) is 3.25. The summed E-state index contributed by atoms with van der Waals surface area (Å²) in [6.07, 6.45) is 2.83. The largest absolute Gasteiger partial charge is 0.311 e. The minimum absolute atomic E-state index is 0. The van der Waals surface area contributed by atoms with Gasteiger partial charge in [0.05, 0.1) is 4.34 Å². The lowest BCUT2D eigenvalue weighted by Crippen LogP contribution is -2.40. The summed E-state index contributed by atoms with van der Waals surface area (Å²) in [6.45, 7) is 3.46. The van der Waals surface area contributed by atoms with Crippen molar-refractivity contribution in [3.8, 4) is 0 Å². The third-order valence-corrected chi connectivity index (χ3v) is 7.49. The number of hydrogen-bond donors (Lipinski definition) is 2. The molecule has 4 rings (SSSR count). The molecule has 0 bridgehead atoms. The van der Waals surface area contributed by atoms with Crippen molar-refractivity contribution in [2.45, 2.75) is 38.4 Å². The first-order chi connectivity index (χ1) is 13.8. The first kappa shape index (κ1) is 23.2. The standard InChI is InChI=1S/C20H22ClN3O3S2.ClH/c1-13-10-15-11-16(3-2-14(15)12-22-13)24-8-6-18(20(24)25)23-29(26,27)9-7-17-4-5-19(21)28-17;/h2-5,7,9,11,13,18,22-23H,6,8,10,12H2,1H3;1H/t13?,18-;/m0./s1. The van der Waals surface area contributed by atoms with E-state index < -0.39 is 16.1 Å². The first-order valence-electron chi connectivity index (χ1n) is 9.43. The van der Waals surface area contributed by atoms with Gasteiger partial charge in [0, 0.05) is 35.1 Å². The number of carbonyl (C=O) groups excluding carboxylic acids is 1. The molecule has 1 amide bonds. The maximum Gasteiger partial charge on any atom is 0.245 e. The molecule has 0 radical (unpaired) electrons. The predicted octanol–water partition coefficient (Wildman–Crippen LogP) is 3.55. The molecule has 1 unspecified atom stereocenters. The minimum atomic E-state index is -3.74. The summed E-state index contributed by atoms with van der Waals surface area (Å²) in [5, 5.41) is 4.51. The Hall–Kier alpha value is -1.42. The van der Waals surface area contributed by atoms with Gasteiger partial charge < -0.3 is 10.2 Å². The summed E-state index contributed by atoms with van der Waals surface area (Å²) in [4.78, 5) is 15.2. The van der Waals surface area contributed by atoms with Crippen LogP contribution in [0.2, 0.25) is 4.34 Å². The van der Waals surface area contributed by atoms with Crippen LogP contribution in [0.15, 0.2) is 35.7 Å². The Kier molecular flexibility index (Phi) is 7.27. The van der Waals surface area contributed by atoms with Crippen LogP contribution in [0, 0.1) is 0 Å². The van der Waals surface area contributed by atoms with Gasteiger partial charge in [0.15, 0.2) is 0 Å². The summed E-state index contributed by atoms with van der Waals surface area (Å²) in [7, 11) is -3.74. The van der Waals surface area contributed by atoms with Crippen LogP contribution in [-0.4, -0.2) is 33.0 Å². The fraction of sp³-hybridized carbons (Fsp3) is 0.350. The van der Waals surface area contributed by atoms with Crippen LogP contribution in [0.1, 0.15) is 29.3 Å². The third kappa shape index (κ3) is 5.25. The number of hydrogen-bond acceptors (Lipinski definition) is 5. The van der Waals surface area contributed by atoms with Crippen molar-refractivity contribution in [2.24, 2.45) is 0 Å². The van der Waals surface area contributed by atoms with Crippen molar-refractivity contribution in [1.82, 2.24) is 10.0 Å². The number of rotatable bonds is 5. The van der Waals surface area contributed by atoms with E-state index in [9.17, 15) is 13.2 Å². The van der Waals surface area contributed by atoms with Crippen molar-refractivity contribution in [3.63, 3.8) is 0 Å². The lowest BCUT2D eigenvalue weighted by Gasteiger charge is -2.25. The van der Waals surface area contributed by atoms with Crippen molar-refractivity contribution >= 4 is 63.0 Å². The molecule has 2 aromatic rings. The zero-order chi connectivity index (χ0) is 20.6. The number of amides is 1. The van der Waals surface area contributed by atoms with Crippen LogP contribution in [0.5, 0.6) is 0 Å². The van der Waals surface area contributed by atoms with Gasteiger partial charge in [-0.1, -0.05) is 17.7 Å². The van der Waals surface area contributed by atoms with E-state index in [2.05, 4.69) is 23.0 Å². The zero-order valence-electron chi connectivity index (χ0n) is 16.3. The Morgan fingerprint density at radius 1 is 1.27 bits per heavy atom. The summed E-state index contributed by atoms with van der Waals surface area (Å²) in [5.74, 6) is -0.219. The molecule has 0 saturated carbocycles. The molecule has 2 aliphatic heterocycles. The summed E-state index contributed by atoms with van der Waals surface area (Å²) >= 11 is 7.15. The van der Waals surface area contributed by atoms with E-state index in [4.69, 9.17) is 11.6 Å². The Morgan fingerprint density at radius 2 is 2.07 bits per heavy atom. The normalized spacial score (nSPS) is 21.7. The van der Waals surface area contributed by atoms with Gasteiger partial charge in [-0.2, -0.15) is 4.72 Å². The fourth-order valence-electron chi connectivity index (χ4n) is 3.69. The third-order valence-electron chi connectivity index (χ3n) is 5.19. The smallest absolute Gasteiger partial charge is 0.245 e. The van der Waals surface area contributed by atoms with Gasteiger partial charge >= 0.3 is 0 Å². The molecule has 10 heteroatoms. The van der Waals surface area contributed by atoms with Crippen LogP contribution in [0.25, 0.3) is 6.08 Å². The second kappa shape index (κ2) is 9.38. The van der Waals surface area contributed by atoms with Gasteiger partial charge in [-0.25, -0.2) is 8.42 Å². The second-order valence-electron chi connectivity index (χ2n) is 7.38. The molecule has 3 heterocycles. The van der Waals surface area contributed by atoms with Gasteiger partial charge in [-0.05, 0) is 61.2 Å². The Bertz CT molecular complexity index is 1070. The molecule has 0 spiro atoms. The molecule has 2 N–H and O–H groups in total. The van der Waals surface area contributed by atoms with Crippen molar-refractivity contribution in [3.05, 3.63) is 56.1 Å². The molecule has 1 saturated heterocycles. The van der Waals surface area contributed by atoms with Gasteiger partial charge in [-0.3, -0.25) is 4.79 Å². The molecule has 2 atom stereocenters. The van der Waals surface area contributed by atoms with E-state index >= 15 is 0 Å². The SMILES string of the molecule is CC1Cc2cc(N3CC[C@H](NS(=O)(=O)C=Cc4ccc(Cl)s4)C3=O)ccc2CN1.Cl. The summed E-state index contributed by atoms with van der Waals surface area (Å²) in [6, 6.07) is 9.13. The molecule has 1 aromatic carbocycles. The monoisotopic (exact) mass is 487 g/mol. The molecular weight excluding hydrogens is 465 g/mol. The molecule has 1 aromatic heterocycles.